The molecule has 2 rings (SSSR count). The number of pyridine rings is 1. The smallest absolute Gasteiger partial charge is 0.241 e. The summed E-state index contributed by atoms with van der Waals surface area (Å²) in [5.74, 6) is 0.729. The molecular formula is C14H22N4O. The van der Waals surface area contributed by atoms with E-state index in [9.17, 15) is 4.79 Å². The predicted molar refractivity (Wildman–Crippen MR) is 77.2 cm³/mol. The number of anilines is 2. The van der Waals surface area contributed by atoms with Crippen molar-refractivity contribution in [1.82, 2.24) is 4.98 Å². The third-order valence-electron chi connectivity index (χ3n) is 3.39. The van der Waals surface area contributed by atoms with E-state index in [-0.39, 0.29) is 5.91 Å². The molecular weight excluding hydrogens is 240 g/mol. The van der Waals surface area contributed by atoms with Crippen molar-refractivity contribution in [1.29, 1.82) is 0 Å². The number of nitrogens with one attached hydrogen (secondary N) is 1. The SMILES string of the molecule is CCCC(N)C(=O)Nc1cccnc1N1CCCC1. The Balaban J connectivity index is 2.09. The van der Waals surface area contributed by atoms with Crippen molar-refractivity contribution in [3.8, 4) is 0 Å². The van der Waals surface area contributed by atoms with Crippen LogP contribution < -0.4 is 16.0 Å². The van der Waals surface area contributed by atoms with Gasteiger partial charge in [-0.25, -0.2) is 4.98 Å². The molecule has 0 saturated carbocycles. The van der Waals surface area contributed by atoms with Gasteiger partial charge < -0.3 is 16.0 Å². The molecule has 1 aliphatic heterocycles. The van der Waals surface area contributed by atoms with Crippen LogP contribution in [0.1, 0.15) is 32.6 Å². The molecule has 0 bridgehead atoms. The van der Waals surface area contributed by atoms with Gasteiger partial charge in [0.05, 0.1) is 11.7 Å². The third kappa shape index (κ3) is 3.44. The van der Waals surface area contributed by atoms with E-state index in [1.165, 1.54) is 12.8 Å². The summed E-state index contributed by atoms with van der Waals surface area (Å²) < 4.78 is 0. The Bertz CT molecular complexity index is 429. The summed E-state index contributed by atoms with van der Waals surface area (Å²) in [5.41, 5.74) is 6.60. The predicted octanol–water partition coefficient (Wildman–Crippen LogP) is 1.75. The molecule has 3 N–H and O–H groups in total. The lowest BCUT2D eigenvalue weighted by Gasteiger charge is -2.20. The van der Waals surface area contributed by atoms with Gasteiger partial charge in [-0.3, -0.25) is 4.79 Å². The number of hydrogen-bond donors (Lipinski definition) is 2. The van der Waals surface area contributed by atoms with Crippen molar-refractivity contribution < 1.29 is 4.79 Å². The van der Waals surface area contributed by atoms with Gasteiger partial charge in [0.25, 0.3) is 0 Å². The van der Waals surface area contributed by atoms with Crippen molar-refractivity contribution in [2.75, 3.05) is 23.3 Å². The van der Waals surface area contributed by atoms with Gasteiger partial charge in [-0.1, -0.05) is 13.3 Å². The van der Waals surface area contributed by atoms with E-state index in [1.54, 1.807) is 6.20 Å². The number of aromatic nitrogens is 1. The van der Waals surface area contributed by atoms with Crippen LogP contribution in [-0.2, 0) is 4.79 Å². The van der Waals surface area contributed by atoms with Crippen molar-refractivity contribution >= 4 is 17.4 Å². The Kier molecular flexibility index (Phi) is 4.74. The molecule has 19 heavy (non-hydrogen) atoms. The van der Waals surface area contributed by atoms with Gasteiger partial charge in [0, 0.05) is 19.3 Å². The largest absolute Gasteiger partial charge is 0.355 e. The minimum absolute atomic E-state index is 0.129. The van der Waals surface area contributed by atoms with E-state index in [4.69, 9.17) is 5.73 Å². The normalized spacial score (nSPS) is 16.4. The Morgan fingerprint density at radius 2 is 2.26 bits per heavy atom. The Morgan fingerprint density at radius 3 is 2.95 bits per heavy atom. The van der Waals surface area contributed by atoms with Crippen LogP contribution >= 0.6 is 0 Å². The Morgan fingerprint density at radius 1 is 1.53 bits per heavy atom. The number of amides is 1. The number of hydrogen-bond acceptors (Lipinski definition) is 4. The summed E-state index contributed by atoms with van der Waals surface area (Å²) in [6, 6.07) is 3.27. The fourth-order valence-electron chi connectivity index (χ4n) is 2.34. The van der Waals surface area contributed by atoms with Gasteiger partial charge in [0.1, 0.15) is 0 Å². The maximum atomic E-state index is 12.0. The van der Waals surface area contributed by atoms with E-state index in [1.807, 2.05) is 19.1 Å². The Hall–Kier alpha value is -1.62. The maximum absolute atomic E-state index is 12.0. The van der Waals surface area contributed by atoms with Crippen LogP contribution in [0.2, 0.25) is 0 Å². The summed E-state index contributed by atoms with van der Waals surface area (Å²) in [6.45, 7) is 4.02. The van der Waals surface area contributed by atoms with Gasteiger partial charge >= 0.3 is 0 Å². The van der Waals surface area contributed by atoms with Crippen molar-refractivity contribution in [2.45, 2.75) is 38.6 Å². The van der Waals surface area contributed by atoms with Crippen molar-refractivity contribution in [3.05, 3.63) is 18.3 Å². The van der Waals surface area contributed by atoms with Crippen molar-refractivity contribution in [3.63, 3.8) is 0 Å². The lowest BCUT2D eigenvalue weighted by Crippen LogP contribution is -2.36. The molecule has 0 radical (unpaired) electrons. The molecule has 1 aromatic heterocycles. The standard InChI is InChI=1S/C14H22N4O/c1-2-6-11(15)14(19)17-12-7-5-8-16-13(12)18-9-3-4-10-18/h5,7-8,11H,2-4,6,9-10,15H2,1H3,(H,17,19). The molecule has 0 aliphatic carbocycles. The fourth-order valence-corrected chi connectivity index (χ4v) is 2.34. The summed E-state index contributed by atoms with van der Waals surface area (Å²) in [5, 5.41) is 2.90. The summed E-state index contributed by atoms with van der Waals surface area (Å²) in [4.78, 5) is 18.6. The van der Waals surface area contributed by atoms with E-state index in [0.717, 1.165) is 31.0 Å². The molecule has 5 heteroatoms. The second kappa shape index (κ2) is 6.52. The van der Waals surface area contributed by atoms with E-state index >= 15 is 0 Å². The highest BCUT2D eigenvalue weighted by Crippen LogP contribution is 2.26. The molecule has 1 aliphatic rings. The lowest BCUT2D eigenvalue weighted by molar-refractivity contribution is -0.117. The molecule has 0 aromatic carbocycles. The quantitative estimate of drug-likeness (QED) is 0.848. The first-order chi connectivity index (χ1) is 9.22. The van der Waals surface area contributed by atoms with Gasteiger partial charge in [0.2, 0.25) is 5.91 Å². The maximum Gasteiger partial charge on any atom is 0.241 e. The summed E-state index contributed by atoms with van der Waals surface area (Å²) in [7, 11) is 0. The molecule has 1 amide bonds. The summed E-state index contributed by atoms with van der Waals surface area (Å²) in [6.07, 6.45) is 5.72. The van der Waals surface area contributed by atoms with Gasteiger partial charge in [-0.15, -0.1) is 0 Å². The van der Waals surface area contributed by atoms with Gasteiger partial charge in [-0.2, -0.15) is 0 Å². The third-order valence-corrected chi connectivity index (χ3v) is 3.39. The number of carbonyl (C=O) groups excluding carboxylic acids is 1. The first-order valence-corrected chi connectivity index (χ1v) is 6.98. The minimum Gasteiger partial charge on any atom is -0.355 e. The second-order valence-corrected chi connectivity index (χ2v) is 4.95. The average Bonchev–Trinajstić information content (AvgIpc) is 2.93. The first-order valence-electron chi connectivity index (χ1n) is 6.98. The van der Waals surface area contributed by atoms with E-state index in [2.05, 4.69) is 15.2 Å². The number of nitrogens with zero attached hydrogens (tertiary/aromatic N) is 2. The zero-order valence-corrected chi connectivity index (χ0v) is 11.4. The monoisotopic (exact) mass is 262 g/mol. The molecule has 1 fully saturated rings. The molecule has 1 atom stereocenters. The van der Waals surface area contributed by atoms with Crippen LogP contribution in [0.5, 0.6) is 0 Å². The minimum atomic E-state index is -0.448. The first kappa shape index (κ1) is 13.8. The van der Waals surface area contributed by atoms with Crippen LogP contribution in [0.25, 0.3) is 0 Å². The van der Waals surface area contributed by atoms with E-state index < -0.39 is 6.04 Å². The van der Waals surface area contributed by atoms with Crippen LogP contribution in [0.4, 0.5) is 11.5 Å². The summed E-state index contributed by atoms with van der Waals surface area (Å²) >= 11 is 0. The van der Waals surface area contributed by atoms with Crippen molar-refractivity contribution in [2.24, 2.45) is 5.73 Å². The van der Waals surface area contributed by atoms with Crippen LogP contribution in [0, 0.1) is 0 Å². The van der Waals surface area contributed by atoms with E-state index in [0.29, 0.717) is 6.42 Å². The molecule has 0 spiro atoms. The Labute approximate surface area is 114 Å². The second-order valence-electron chi connectivity index (χ2n) is 4.95. The number of rotatable bonds is 5. The van der Waals surface area contributed by atoms with Crippen LogP contribution in [-0.4, -0.2) is 30.0 Å². The molecule has 1 saturated heterocycles. The highest BCUT2D eigenvalue weighted by Gasteiger charge is 2.19. The molecule has 1 unspecified atom stereocenters. The molecule has 5 nitrogen and oxygen atoms in total. The topological polar surface area (TPSA) is 71.2 Å². The molecule has 104 valence electrons. The van der Waals surface area contributed by atoms with Gasteiger partial charge in [0.15, 0.2) is 5.82 Å². The molecule has 2 heterocycles. The zero-order valence-electron chi connectivity index (χ0n) is 11.4. The lowest BCUT2D eigenvalue weighted by atomic mass is 10.1. The number of carbonyl (C=O) groups is 1. The van der Waals surface area contributed by atoms with Crippen LogP contribution in [0.15, 0.2) is 18.3 Å². The number of nitrogens with two attached hydrogens (primary N) is 1. The zero-order chi connectivity index (χ0) is 13.7. The fraction of sp³-hybridized carbons (Fsp3) is 0.571. The van der Waals surface area contributed by atoms with Crippen LogP contribution in [0.3, 0.4) is 0 Å². The highest BCUT2D eigenvalue weighted by atomic mass is 16.2. The average molecular weight is 262 g/mol. The van der Waals surface area contributed by atoms with Gasteiger partial charge in [-0.05, 0) is 31.4 Å². The molecule has 1 aromatic rings. The highest BCUT2D eigenvalue weighted by molar-refractivity contribution is 5.97.